The minimum Gasteiger partial charge on any atom is -0.375 e. The van der Waals surface area contributed by atoms with E-state index in [0.29, 0.717) is 29.9 Å². The number of anilines is 1. The van der Waals surface area contributed by atoms with Crippen LogP contribution in [-0.4, -0.2) is 42.7 Å². The Bertz CT molecular complexity index is 871. The number of para-hydroxylation sites is 1. The van der Waals surface area contributed by atoms with Gasteiger partial charge in [-0.15, -0.1) is 0 Å². The van der Waals surface area contributed by atoms with Crippen LogP contribution < -0.4 is 11.1 Å². The number of likely N-dealkylation sites (tertiary alicyclic amines) is 1. The molecule has 2 aromatic carbocycles. The lowest BCUT2D eigenvalue weighted by molar-refractivity contribution is -0.129. The predicted molar refractivity (Wildman–Crippen MR) is 107 cm³/mol. The second-order valence-electron chi connectivity index (χ2n) is 6.96. The molecular formula is C21H24F2N4O. The Labute approximate surface area is 163 Å². The van der Waals surface area contributed by atoms with Crippen molar-refractivity contribution in [2.75, 3.05) is 25.0 Å². The van der Waals surface area contributed by atoms with Crippen molar-refractivity contribution in [3.05, 3.63) is 53.6 Å². The number of benzene rings is 2. The monoisotopic (exact) mass is 386 g/mol. The van der Waals surface area contributed by atoms with Gasteiger partial charge in [0.1, 0.15) is 11.6 Å². The average molecular weight is 386 g/mol. The van der Waals surface area contributed by atoms with Crippen molar-refractivity contribution in [3.8, 4) is 11.1 Å². The molecule has 1 aliphatic heterocycles. The second kappa shape index (κ2) is 8.93. The van der Waals surface area contributed by atoms with E-state index < -0.39 is 11.6 Å². The Morgan fingerprint density at radius 3 is 2.79 bits per heavy atom. The summed E-state index contributed by atoms with van der Waals surface area (Å²) in [5, 5.41) is 10.7. The summed E-state index contributed by atoms with van der Waals surface area (Å²) in [6.45, 7) is 1.31. The first-order valence-corrected chi connectivity index (χ1v) is 9.35. The normalized spacial score (nSPS) is 17.1. The van der Waals surface area contributed by atoms with Crippen LogP contribution in [0.2, 0.25) is 0 Å². The fourth-order valence-corrected chi connectivity index (χ4v) is 3.47. The van der Waals surface area contributed by atoms with Gasteiger partial charge >= 0.3 is 0 Å². The number of hydrogen-bond acceptors (Lipinski definition) is 4. The maximum atomic E-state index is 14.3. The SMILES string of the molecule is N=Cc1cccc(-c2ccc(F)cc2F)c1NCC(=O)N1CCC[C@H](N)CC1. The summed E-state index contributed by atoms with van der Waals surface area (Å²) < 4.78 is 27.6. The van der Waals surface area contributed by atoms with Crippen molar-refractivity contribution in [1.29, 1.82) is 5.41 Å². The molecule has 1 atom stereocenters. The van der Waals surface area contributed by atoms with Crippen molar-refractivity contribution < 1.29 is 13.6 Å². The van der Waals surface area contributed by atoms with E-state index in [2.05, 4.69) is 5.32 Å². The van der Waals surface area contributed by atoms with Gasteiger partial charge in [-0.3, -0.25) is 4.79 Å². The summed E-state index contributed by atoms with van der Waals surface area (Å²) in [5.74, 6) is -1.43. The minimum absolute atomic E-state index is 0.0237. The number of hydrogen-bond donors (Lipinski definition) is 3. The van der Waals surface area contributed by atoms with E-state index in [0.717, 1.165) is 31.5 Å². The molecule has 1 fully saturated rings. The largest absolute Gasteiger partial charge is 0.375 e. The predicted octanol–water partition coefficient (Wildman–Crippen LogP) is 3.38. The van der Waals surface area contributed by atoms with E-state index >= 15 is 0 Å². The molecule has 28 heavy (non-hydrogen) atoms. The molecule has 3 rings (SSSR count). The highest BCUT2D eigenvalue weighted by atomic mass is 19.1. The minimum atomic E-state index is -0.696. The first-order chi connectivity index (χ1) is 13.5. The van der Waals surface area contributed by atoms with Gasteiger partial charge in [-0.25, -0.2) is 8.78 Å². The molecule has 0 aliphatic carbocycles. The molecule has 0 radical (unpaired) electrons. The van der Waals surface area contributed by atoms with Crippen LogP contribution in [0.5, 0.6) is 0 Å². The van der Waals surface area contributed by atoms with Crippen LogP contribution in [-0.2, 0) is 4.79 Å². The third-order valence-corrected chi connectivity index (χ3v) is 5.02. The Morgan fingerprint density at radius 2 is 2.04 bits per heavy atom. The number of rotatable bonds is 5. The second-order valence-corrected chi connectivity index (χ2v) is 6.96. The molecule has 0 saturated carbocycles. The molecule has 1 amide bonds. The number of halogens is 2. The van der Waals surface area contributed by atoms with E-state index in [1.807, 2.05) is 0 Å². The summed E-state index contributed by atoms with van der Waals surface area (Å²) in [4.78, 5) is 14.4. The van der Waals surface area contributed by atoms with Crippen molar-refractivity contribution >= 4 is 17.8 Å². The Kier molecular flexibility index (Phi) is 6.36. The highest BCUT2D eigenvalue weighted by Crippen LogP contribution is 2.32. The Hall–Kier alpha value is -2.80. The lowest BCUT2D eigenvalue weighted by atomic mass is 9.99. The van der Waals surface area contributed by atoms with E-state index in [1.165, 1.54) is 12.1 Å². The molecule has 7 heteroatoms. The number of nitrogens with one attached hydrogen (secondary N) is 2. The zero-order valence-corrected chi connectivity index (χ0v) is 15.6. The summed E-state index contributed by atoms with van der Waals surface area (Å²) in [6.07, 6.45) is 3.69. The van der Waals surface area contributed by atoms with Crippen LogP contribution in [0, 0.1) is 17.0 Å². The fourth-order valence-electron chi connectivity index (χ4n) is 3.47. The van der Waals surface area contributed by atoms with Crippen molar-refractivity contribution in [2.45, 2.75) is 25.3 Å². The van der Waals surface area contributed by atoms with Gasteiger partial charge < -0.3 is 21.4 Å². The van der Waals surface area contributed by atoms with E-state index in [9.17, 15) is 13.6 Å². The van der Waals surface area contributed by atoms with E-state index in [-0.39, 0.29) is 24.1 Å². The van der Waals surface area contributed by atoms with Crippen LogP contribution in [0.1, 0.15) is 24.8 Å². The molecule has 4 N–H and O–H groups in total. The lowest BCUT2D eigenvalue weighted by Gasteiger charge is -2.22. The van der Waals surface area contributed by atoms with Crippen molar-refractivity contribution in [2.24, 2.45) is 5.73 Å². The van der Waals surface area contributed by atoms with Gasteiger partial charge in [0, 0.05) is 48.1 Å². The van der Waals surface area contributed by atoms with Gasteiger partial charge in [-0.1, -0.05) is 18.2 Å². The van der Waals surface area contributed by atoms with Gasteiger partial charge in [-0.05, 0) is 31.4 Å². The Balaban J connectivity index is 1.83. The van der Waals surface area contributed by atoms with Crippen LogP contribution in [0.4, 0.5) is 14.5 Å². The maximum absolute atomic E-state index is 14.3. The molecule has 1 heterocycles. The van der Waals surface area contributed by atoms with Crippen LogP contribution in [0.25, 0.3) is 11.1 Å². The zero-order valence-electron chi connectivity index (χ0n) is 15.6. The molecular weight excluding hydrogens is 362 g/mol. The molecule has 0 unspecified atom stereocenters. The summed E-state index contributed by atoms with van der Waals surface area (Å²) in [5.41, 5.74) is 7.65. The van der Waals surface area contributed by atoms with Crippen LogP contribution in [0.15, 0.2) is 36.4 Å². The summed E-state index contributed by atoms with van der Waals surface area (Å²) in [7, 11) is 0. The van der Waals surface area contributed by atoms with E-state index in [4.69, 9.17) is 11.1 Å². The van der Waals surface area contributed by atoms with Gasteiger partial charge in [0.25, 0.3) is 0 Å². The number of amides is 1. The lowest BCUT2D eigenvalue weighted by Crippen LogP contribution is -2.37. The molecule has 1 saturated heterocycles. The first-order valence-electron chi connectivity index (χ1n) is 9.35. The van der Waals surface area contributed by atoms with Crippen LogP contribution in [0.3, 0.4) is 0 Å². The topological polar surface area (TPSA) is 82.2 Å². The van der Waals surface area contributed by atoms with E-state index in [1.54, 1.807) is 23.1 Å². The third-order valence-electron chi connectivity index (χ3n) is 5.02. The van der Waals surface area contributed by atoms with Gasteiger partial charge in [0.2, 0.25) is 5.91 Å². The quantitative estimate of drug-likeness (QED) is 0.689. The highest BCUT2D eigenvalue weighted by molar-refractivity contribution is 5.95. The third kappa shape index (κ3) is 4.54. The van der Waals surface area contributed by atoms with Gasteiger partial charge in [-0.2, -0.15) is 0 Å². The number of carbonyl (C=O) groups excluding carboxylic acids is 1. The summed E-state index contributed by atoms with van der Waals surface area (Å²) in [6, 6.07) is 8.57. The molecule has 148 valence electrons. The number of carbonyl (C=O) groups is 1. The maximum Gasteiger partial charge on any atom is 0.241 e. The van der Waals surface area contributed by atoms with Gasteiger partial charge in [0.15, 0.2) is 0 Å². The van der Waals surface area contributed by atoms with Crippen LogP contribution >= 0.6 is 0 Å². The number of nitrogens with two attached hydrogens (primary N) is 1. The first kappa shape index (κ1) is 19.9. The molecule has 2 aromatic rings. The molecule has 0 aromatic heterocycles. The van der Waals surface area contributed by atoms with Gasteiger partial charge in [0.05, 0.1) is 12.2 Å². The van der Waals surface area contributed by atoms with Crippen molar-refractivity contribution in [3.63, 3.8) is 0 Å². The fraction of sp³-hybridized carbons (Fsp3) is 0.333. The standard InChI is InChI=1S/C21H24F2N4O/c22-15-6-7-17(19(23)11-15)18-5-1-3-14(12-24)21(18)26-13-20(28)27-9-2-4-16(25)8-10-27/h1,3,5-7,11-12,16,24,26H,2,4,8-10,13,25H2/t16-/m0/s1. The zero-order chi connectivity index (χ0) is 20.1. The smallest absolute Gasteiger partial charge is 0.241 e. The average Bonchev–Trinajstić information content (AvgIpc) is 2.90. The molecule has 0 bridgehead atoms. The molecule has 0 spiro atoms. The molecule has 1 aliphatic rings. The molecule has 5 nitrogen and oxygen atoms in total. The Morgan fingerprint density at radius 1 is 1.21 bits per heavy atom. The highest BCUT2D eigenvalue weighted by Gasteiger charge is 2.20. The van der Waals surface area contributed by atoms with Crippen molar-refractivity contribution in [1.82, 2.24) is 4.90 Å². The number of nitrogens with zero attached hydrogens (tertiary/aromatic N) is 1. The summed E-state index contributed by atoms with van der Waals surface area (Å²) >= 11 is 0.